The Morgan fingerprint density at radius 1 is 0.967 bits per heavy atom. The number of hydrogen-bond acceptors (Lipinski definition) is 4. The van der Waals surface area contributed by atoms with Crippen molar-refractivity contribution in [3.05, 3.63) is 59.2 Å². The number of aliphatic imine (C=N–C) groups is 1. The van der Waals surface area contributed by atoms with Gasteiger partial charge in [0, 0.05) is 27.2 Å². The van der Waals surface area contributed by atoms with Crippen LogP contribution >= 0.6 is 24.0 Å². The Morgan fingerprint density at radius 2 is 1.77 bits per heavy atom. The maximum Gasteiger partial charge on any atom is 0.191 e. The molecule has 30 heavy (non-hydrogen) atoms. The van der Waals surface area contributed by atoms with E-state index in [1.54, 1.807) is 21.3 Å². The molecule has 0 spiro atoms. The van der Waals surface area contributed by atoms with Gasteiger partial charge in [0.05, 0.1) is 20.3 Å². The van der Waals surface area contributed by atoms with Gasteiger partial charge in [-0.3, -0.25) is 4.99 Å². The first-order valence-electron chi connectivity index (χ1n) is 10.0. The lowest BCUT2D eigenvalue weighted by molar-refractivity contribution is 0.185. The zero-order valence-corrected chi connectivity index (χ0v) is 20.7. The molecule has 0 unspecified atom stereocenters. The molecule has 0 atom stereocenters. The molecule has 0 aliphatic heterocycles. The van der Waals surface area contributed by atoms with E-state index in [2.05, 4.69) is 46.0 Å². The number of halogens is 1. The van der Waals surface area contributed by atoms with E-state index in [9.17, 15) is 0 Å². The fourth-order valence-electron chi connectivity index (χ4n) is 3.05. The molecule has 0 bridgehead atoms. The van der Waals surface area contributed by atoms with Crippen molar-refractivity contribution in [1.29, 1.82) is 0 Å². The Balaban J connectivity index is 0.00000450. The molecule has 2 N–H and O–H groups in total. The van der Waals surface area contributed by atoms with E-state index in [1.807, 2.05) is 19.1 Å². The van der Waals surface area contributed by atoms with E-state index >= 15 is 0 Å². The van der Waals surface area contributed by atoms with Crippen molar-refractivity contribution in [2.45, 2.75) is 32.9 Å². The average Bonchev–Trinajstić information content (AvgIpc) is 2.74. The number of guanidine groups is 1. The molecule has 0 saturated carbocycles. The highest BCUT2D eigenvalue weighted by Crippen LogP contribution is 2.28. The maximum atomic E-state index is 5.65. The third-order valence-electron chi connectivity index (χ3n) is 4.45. The quantitative estimate of drug-likeness (QED) is 0.199. The first kappa shape index (κ1) is 26.0. The van der Waals surface area contributed by atoms with Crippen molar-refractivity contribution < 1.29 is 14.2 Å². The van der Waals surface area contributed by atoms with E-state index in [0.717, 1.165) is 36.8 Å². The lowest BCUT2D eigenvalue weighted by atomic mass is 10.1. The first-order valence-corrected chi connectivity index (χ1v) is 10.0. The second-order valence-electron chi connectivity index (χ2n) is 6.63. The van der Waals surface area contributed by atoms with Crippen molar-refractivity contribution in [1.82, 2.24) is 10.6 Å². The van der Waals surface area contributed by atoms with Gasteiger partial charge in [-0.1, -0.05) is 30.3 Å². The van der Waals surface area contributed by atoms with Crippen molar-refractivity contribution in [2.75, 3.05) is 34.4 Å². The third kappa shape index (κ3) is 8.79. The molecule has 6 nitrogen and oxygen atoms in total. The summed E-state index contributed by atoms with van der Waals surface area (Å²) in [5.74, 6) is 2.37. The minimum atomic E-state index is 0. The summed E-state index contributed by atoms with van der Waals surface area (Å²) in [7, 11) is 5.16. The van der Waals surface area contributed by atoms with E-state index in [-0.39, 0.29) is 24.0 Å². The summed E-state index contributed by atoms with van der Waals surface area (Å²) in [6, 6.07) is 14.5. The van der Waals surface area contributed by atoms with Crippen LogP contribution in [-0.4, -0.2) is 40.4 Å². The van der Waals surface area contributed by atoms with E-state index < -0.39 is 0 Å². The molecule has 0 fully saturated rings. The number of rotatable bonds is 11. The Bertz CT molecular complexity index is 784. The molecule has 166 valence electrons. The molecular weight excluding hydrogens is 493 g/mol. The molecule has 0 radical (unpaired) electrons. The topological polar surface area (TPSA) is 64.1 Å². The highest BCUT2D eigenvalue weighted by Gasteiger charge is 2.06. The minimum absolute atomic E-state index is 0. The monoisotopic (exact) mass is 527 g/mol. The van der Waals surface area contributed by atoms with Crippen LogP contribution in [0.2, 0.25) is 0 Å². The summed E-state index contributed by atoms with van der Waals surface area (Å²) < 4.78 is 16.2. The Labute approximate surface area is 197 Å². The number of nitrogens with one attached hydrogen (secondary N) is 2. The number of benzene rings is 2. The van der Waals surface area contributed by atoms with Crippen LogP contribution in [-0.2, 0) is 24.3 Å². The normalized spacial score (nSPS) is 10.9. The molecule has 0 aliphatic carbocycles. The standard InChI is InChI=1S/C23H33N3O3.HI/c1-5-29-22-15-18(11-12-21(22)28-4)10-7-13-25-23(24-2)26-16-19-8-6-9-20(14-19)17-27-3;/h6,8-9,11-12,14-15H,5,7,10,13,16-17H2,1-4H3,(H2,24,25,26);1H. The highest BCUT2D eigenvalue weighted by molar-refractivity contribution is 14.0. The summed E-state index contributed by atoms with van der Waals surface area (Å²) >= 11 is 0. The van der Waals surface area contributed by atoms with E-state index in [4.69, 9.17) is 14.2 Å². The van der Waals surface area contributed by atoms with Crippen molar-refractivity contribution >= 4 is 29.9 Å². The molecule has 0 aliphatic rings. The molecule has 0 aromatic heterocycles. The zero-order valence-electron chi connectivity index (χ0n) is 18.4. The van der Waals surface area contributed by atoms with Crippen LogP contribution in [0.1, 0.15) is 30.0 Å². The Hall–Kier alpha value is -2.00. The van der Waals surface area contributed by atoms with Gasteiger partial charge in [-0.15, -0.1) is 24.0 Å². The largest absolute Gasteiger partial charge is 0.493 e. The number of nitrogens with zero attached hydrogens (tertiary/aromatic N) is 1. The van der Waals surface area contributed by atoms with Crippen molar-refractivity contribution in [3.8, 4) is 11.5 Å². The van der Waals surface area contributed by atoms with E-state index in [0.29, 0.717) is 19.8 Å². The average molecular weight is 527 g/mol. The van der Waals surface area contributed by atoms with Crippen LogP contribution in [0.4, 0.5) is 0 Å². The van der Waals surface area contributed by atoms with Crippen LogP contribution in [0.15, 0.2) is 47.5 Å². The molecule has 7 heteroatoms. The molecular formula is C23H34IN3O3. The van der Waals surface area contributed by atoms with Crippen LogP contribution in [0.3, 0.4) is 0 Å². The SMILES string of the molecule is CCOc1cc(CCCNC(=NC)NCc2cccc(COC)c2)ccc1OC.I. The predicted octanol–water partition coefficient (Wildman–Crippen LogP) is 4.16. The Morgan fingerprint density at radius 3 is 2.47 bits per heavy atom. The second kappa shape index (κ2) is 14.9. The minimum Gasteiger partial charge on any atom is -0.493 e. The van der Waals surface area contributed by atoms with Crippen molar-refractivity contribution in [3.63, 3.8) is 0 Å². The lowest BCUT2D eigenvalue weighted by Gasteiger charge is -2.13. The molecule has 0 heterocycles. The first-order chi connectivity index (χ1) is 14.2. The summed E-state index contributed by atoms with van der Waals surface area (Å²) in [5, 5.41) is 6.73. The third-order valence-corrected chi connectivity index (χ3v) is 4.45. The van der Waals surface area contributed by atoms with Gasteiger partial charge in [0.15, 0.2) is 17.5 Å². The second-order valence-corrected chi connectivity index (χ2v) is 6.63. The van der Waals surface area contributed by atoms with Crippen LogP contribution in [0.25, 0.3) is 0 Å². The smallest absolute Gasteiger partial charge is 0.191 e. The highest BCUT2D eigenvalue weighted by atomic mass is 127. The number of methoxy groups -OCH3 is 2. The van der Waals surface area contributed by atoms with Gasteiger partial charge in [0.25, 0.3) is 0 Å². The van der Waals surface area contributed by atoms with Gasteiger partial charge < -0.3 is 24.8 Å². The molecule has 2 aromatic rings. The van der Waals surface area contributed by atoms with Crippen LogP contribution in [0, 0.1) is 0 Å². The summed E-state index contributed by atoms with van der Waals surface area (Å²) in [6.45, 7) is 4.77. The Kier molecular flexibility index (Phi) is 12.9. The van der Waals surface area contributed by atoms with Crippen LogP contribution < -0.4 is 20.1 Å². The zero-order chi connectivity index (χ0) is 20.9. The fourth-order valence-corrected chi connectivity index (χ4v) is 3.05. The maximum absolute atomic E-state index is 5.65. The van der Waals surface area contributed by atoms with Crippen LogP contribution in [0.5, 0.6) is 11.5 Å². The van der Waals surface area contributed by atoms with Gasteiger partial charge >= 0.3 is 0 Å². The van der Waals surface area contributed by atoms with Gasteiger partial charge in [-0.25, -0.2) is 0 Å². The number of hydrogen-bond donors (Lipinski definition) is 2. The lowest BCUT2D eigenvalue weighted by Crippen LogP contribution is -2.37. The van der Waals surface area contributed by atoms with Gasteiger partial charge in [-0.2, -0.15) is 0 Å². The summed E-state index contributed by atoms with van der Waals surface area (Å²) in [5.41, 5.74) is 3.60. The number of aryl methyl sites for hydroxylation is 1. The van der Waals surface area contributed by atoms with Gasteiger partial charge in [-0.05, 0) is 48.6 Å². The van der Waals surface area contributed by atoms with Crippen molar-refractivity contribution in [2.24, 2.45) is 4.99 Å². The fraction of sp³-hybridized carbons (Fsp3) is 0.435. The van der Waals surface area contributed by atoms with Gasteiger partial charge in [0.2, 0.25) is 0 Å². The van der Waals surface area contributed by atoms with Gasteiger partial charge in [0.1, 0.15) is 0 Å². The molecule has 2 rings (SSSR count). The molecule has 0 saturated heterocycles. The summed E-state index contributed by atoms with van der Waals surface area (Å²) in [6.07, 6.45) is 1.94. The summed E-state index contributed by atoms with van der Waals surface area (Å²) in [4.78, 5) is 4.30. The predicted molar refractivity (Wildman–Crippen MR) is 133 cm³/mol. The molecule has 2 aromatic carbocycles. The molecule has 0 amide bonds. The number of ether oxygens (including phenoxy) is 3. The van der Waals surface area contributed by atoms with E-state index in [1.165, 1.54) is 16.7 Å².